The lowest BCUT2D eigenvalue weighted by atomic mass is 9.93. The third-order valence-electron chi connectivity index (χ3n) is 4.05. The average molecular weight is 363 g/mol. The minimum absolute atomic E-state index is 0.0481. The predicted octanol–water partition coefficient (Wildman–Crippen LogP) is 6.05. The van der Waals surface area contributed by atoms with E-state index < -0.39 is 5.82 Å². The molecular formula is C20H24ClFN2O. The number of nitrogens with one attached hydrogen (secondary N) is 2. The van der Waals surface area contributed by atoms with Gasteiger partial charge in [-0.05, 0) is 40.7 Å². The lowest BCUT2D eigenvalue weighted by Gasteiger charge is -2.20. The highest BCUT2D eigenvalue weighted by Crippen LogP contribution is 2.32. The molecule has 2 N–H and O–H groups in total. The van der Waals surface area contributed by atoms with Crippen LogP contribution in [0.25, 0.3) is 0 Å². The first kappa shape index (κ1) is 19.3. The van der Waals surface area contributed by atoms with Crippen molar-refractivity contribution in [1.82, 2.24) is 5.32 Å². The third-order valence-corrected chi connectivity index (χ3v) is 4.34. The van der Waals surface area contributed by atoms with Crippen LogP contribution in [-0.2, 0) is 6.54 Å². The molecule has 0 aromatic heterocycles. The van der Waals surface area contributed by atoms with Crippen molar-refractivity contribution >= 4 is 23.3 Å². The summed E-state index contributed by atoms with van der Waals surface area (Å²) in [5, 5.41) is 5.82. The Bertz CT molecular complexity index is 733. The number of hydrogen-bond acceptors (Lipinski definition) is 1. The fourth-order valence-electron chi connectivity index (χ4n) is 2.69. The second kappa shape index (κ2) is 8.34. The number of para-hydroxylation sites is 1. The molecule has 0 bridgehead atoms. The molecule has 0 aliphatic rings. The van der Waals surface area contributed by atoms with Crippen LogP contribution < -0.4 is 10.6 Å². The molecule has 2 aromatic rings. The lowest BCUT2D eigenvalue weighted by molar-refractivity contribution is 0.251. The van der Waals surface area contributed by atoms with Gasteiger partial charge in [-0.25, -0.2) is 9.18 Å². The summed E-state index contributed by atoms with van der Waals surface area (Å²) in [6.07, 6.45) is 0. The molecule has 0 unspecified atom stereocenters. The molecule has 0 aliphatic carbocycles. The van der Waals surface area contributed by atoms with Gasteiger partial charge < -0.3 is 10.6 Å². The largest absolute Gasteiger partial charge is 0.334 e. The van der Waals surface area contributed by atoms with Gasteiger partial charge in [0, 0.05) is 12.2 Å². The van der Waals surface area contributed by atoms with Gasteiger partial charge in [-0.1, -0.05) is 63.6 Å². The third kappa shape index (κ3) is 4.95. The van der Waals surface area contributed by atoms with Gasteiger partial charge in [0.2, 0.25) is 0 Å². The van der Waals surface area contributed by atoms with Gasteiger partial charge in [-0.3, -0.25) is 0 Å². The molecule has 0 saturated heterocycles. The first-order valence-corrected chi connectivity index (χ1v) is 8.79. The molecule has 2 rings (SSSR count). The van der Waals surface area contributed by atoms with Gasteiger partial charge in [0.25, 0.3) is 0 Å². The summed E-state index contributed by atoms with van der Waals surface area (Å²) in [5.41, 5.74) is 3.81. The number of benzene rings is 2. The number of carbonyl (C=O) groups is 1. The highest BCUT2D eigenvalue weighted by atomic mass is 35.5. The van der Waals surface area contributed by atoms with Crippen LogP contribution >= 0.6 is 11.6 Å². The summed E-state index contributed by atoms with van der Waals surface area (Å²) < 4.78 is 13.2. The quantitative estimate of drug-likeness (QED) is 0.668. The normalized spacial score (nSPS) is 11.0. The molecule has 0 atom stereocenters. The Labute approximate surface area is 153 Å². The molecule has 2 amide bonds. The van der Waals surface area contributed by atoms with Gasteiger partial charge in [0.15, 0.2) is 0 Å². The Kier molecular flexibility index (Phi) is 6.43. The molecule has 0 heterocycles. The van der Waals surface area contributed by atoms with Crippen LogP contribution in [0.3, 0.4) is 0 Å². The zero-order valence-electron chi connectivity index (χ0n) is 15.0. The molecule has 25 heavy (non-hydrogen) atoms. The van der Waals surface area contributed by atoms with E-state index in [0.717, 1.165) is 22.4 Å². The second-order valence-electron chi connectivity index (χ2n) is 6.68. The fraction of sp³-hybridized carbons (Fsp3) is 0.350. The van der Waals surface area contributed by atoms with E-state index in [1.165, 1.54) is 12.1 Å². The molecule has 0 aliphatic heterocycles. The standard InChI is InChI=1S/C20H24ClFN2O/c1-12(2)15-6-5-7-16(13(3)4)19(15)24-20(25)23-11-14-8-9-18(22)17(21)10-14/h5-10,12-13H,11H2,1-4H3,(H2,23,24,25). The lowest BCUT2D eigenvalue weighted by Crippen LogP contribution is -2.29. The van der Waals surface area contributed by atoms with E-state index in [0.29, 0.717) is 11.8 Å². The fourth-order valence-corrected chi connectivity index (χ4v) is 2.89. The van der Waals surface area contributed by atoms with Crippen LogP contribution in [0.1, 0.15) is 56.2 Å². The maximum atomic E-state index is 13.2. The molecule has 0 fully saturated rings. The highest BCUT2D eigenvalue weighted by molar-refractivity contribution is 6.30. The molecule has 134 valence electrons. The SMILES string of the molecule is CC(C)c1cccc(C(C)C)c1NC(=O)NCc1ccc(F)c(Cl)c1. The van der Waals surface area contributed by atoms with Crippen LogP contribution in [0.2, 0.25) is 5.02 Å². The highest BCUT2D eigenvalue weighted by Gasteiger charge is 2.15. The van der Waals surface area contributed by atoms with Crippen LogP contribution in [0.4, 0.5) is 14.9 Å². The van der Waals surface area contributed by atoms with Crippen molar-refractivity contribution in [2.24, 2.45) is 0 Å². The summed E-state index contributed by atoms with van der Waals surface area (Å²) in [6, 6.07) is 10.2. The summed E-state index contributed by atoms with van der Waals surface area (Å²) in [7, 11) is 0. The van der Waals surface area contributed by atoms with Crippen molar-refractivity contribution in [3.8, 4) is 0 Å². The number of amides is 2. The van der Waals surface area contributed by atoms with E-state index in [1.807, 2.05) is 18.2 Å². The average Bonchev–Trinajstić information content (AvgIpc) is 2.55. The van der Waals surface area contributed by atoms with Crippen molar-refractivity contribution in [1.29, 1.82) is 0 Å². The molecule has 2 aromatic carbocycles. The Morgan fingerprint density at radius 1 is 1.08 bits per heavy atom. The molecule has 0 spiro atoms. The Morgan fingerprint density at radius 2 is 1.68 bits per heavy atom. The monoisotopic (exact) mass is 362 g/mol. The maximum absolute atomic E-state index is 13.2. The number of urea groups is 1. The van der Waals surface area contributed by atoms with E-state index in [9.17, 15) is 9.18 Å². The maximum Gasteiger partial charge on any atom is 0.319 e. The van der Waals surface area contributed by atoms with E-state index in [2.05, 4.69) is 38.3 Å². The van der Waals surface area contributed by atoms with Crippen molar-refractivity contribution in [3.05, 3.63) is 63.9 Å². The van der Waals surface area contributed by atoms with Crippen molar-refractivity contribution in [3.63, 3.8) is 0 Å². The Hall–Kier alpha value is -2.07. The van der Waals surface area contributed by atoms with Gasteiger partial charge >= 0.3 is 6.03 Å². The van der Waals surface area contributed by atoms with Crippen LogP contribution in [-0.4, -0.2) is 6.03 Å². The minimum atomic E-state index is -0.470. The number of anilines is 1. The molecule has 5 heteroatoms. The van der Waals surface area contributed by atoms with Gasteiger partial charge in [0.05, 0.1) is 5.02 Å². The zero-order chi connectivity index (χ0) is 18.6. The number of hydrogen-bond donors (Lipinski definition) is 2. The number of carbonyl (C=O) groups excluding carboxylic acids is 1. The van der Waals surface area contributed by atoms with E-state index >= 15 is 0 Å². The molecule has 0 radical (unpaired) electrons. The Morgan fingerprint density at radius 3 is 2.20 bits per heavy atom. The van der Waals surface area contributed by atoms with Crippen molar-refractivity contribution in [2.75, 3.05) is 5.32 Å². The smallest absolute Gasteiger partial charge is 0.319 e. The summed E-state index contributed by atoms with van der Waals surface area (Å²) in [6.45, 7) is 8.67. The van der Waals surface area contributed by atoms with Gasteiger partial charge in [0.1, 0.15) is 5.82 Å². The van der Waals surface area contributed by atoms with Crippen LogP contribution in [0, 0.1) is 5.82 Å². The topological polar surface area (TPSA) is 41.1 Å². The summed E-state index contributed by atoms with van der Waals surface area (Å²) in [5.74, 6) is 0.122. The number of halogens is 2. The van der Waals surface area contributed by atoms with Crippen LogP contribution in [0.5, 0.6) is 0 Å². The van der Waals surface area contributed by atoms with Gasteiger partial charge in [-0.2, -0.15) is 0 Å². The first-order valence-electron chi connectivity index (χ1n) is 8.41. The van der Waals surface area contributed by atoms with E-state index in [4.69, 9.17) is 11.6 Å². The molecular weight excluding hydrogens is 339 g/mol. The van der Waals surface area contributed by atoms with Crippen LogP contribution in [0.15, 0.2) is 36.4 Å². The van der Waals surface area contributed by atoms with Gasteiger partial charge in [-0.15, -0.1) is 0 Å². The Balaban J connectivity index is 2.13. The number of rotatable bonds is 5. The van der Waals surface area contributed by atoms with Crippen molar-refractivity contribution < 1.29 is 9.18 Å². The predicted molar refractivity (Wildman–Crippen MR) is 102 cm³/mol. The van der Waals surface area contributed by atoms with Crippen molar-refractivity contribution in [2.45, 2.75) is 46.1 Å². The summed E-state index contributed by atoms with van der Waals surface area (Å²) in [4.78, 5) is 12.4. The second-order valence-corrected chi connectivity index (χ2v) is 7.08. The minimum Gasteiger partial charge on any atom is -0.334 e. The van der Waals surface area contributed by atoms with E-state index in [-0.39, 0.29) is 17.6 Å². The first-order chi connectivity index (χ1) is 11.8. The molecule has 0 saturated carbocycles. The zero-order valence-corrected chi connectivity index (χ0v) is 15.7. The molecule has 3 nitrogen and oxygen atoms in total. The van der Waals surface area contributed by atoms with E-state index in [1.54, 1.807) is 6.07 Å². The summed E-state index contributed by atoms with van der Waals surface area (Å²) >= 11 is 5.77.